The Morgan fingerprint density at radius 2 is 2.03 bits per heavy atom. The number of hydrogen-bond acceptors (Lipinski definition) is 6. The van der Waals surface area contributed by atoms with Gasteiger partial charge in [-0.3, -0.25) is 9.58 Å². The van der Waals surface area contributed by atoms with E-state index in [1.165, 1.54) is 0 Å². The fourth-order valence-corrected chi connectivity index (χ4v) is 5.07. The summed E-state index contributed by atoms with van der Waals surface area (Å²) in [6, 6.07) is 6.34. The van der Waals surface area contributed by atoms with Crippen molar-refractivity contribution in [3.8, 4) is 16.9 Å². The maximum Gasteiger partial charge on any atom is 0.178 e. The van der Waals surface area contributed by atoms with Gasteiger partial charge in [-0.15, -0.1) is 0 Å². The molecule has 0 unspecified atom stereocenters. The fourth-order valence-electron chi connectivity index (χ4n) is 5.07. The highest BCUT2D eigenvalue weighted by molar-refractivity contribution is 5.76. The van der Waals surface area contributed by atoms with Crippen LogP contribution < -0.4 is 15.4 Å². The number of fused-ring (bicyclic) bond motifs is 2. The molecule has 32 heavy (non-hydrogen) atoms. The van der Waals surface area contributed by atoms with Crippen molar-refractivity contribution >= 4 is 11.5 Å². The van der Waals surface area contributed by atoms with Gasteiger partial charge in [0.2, 0.25) is 0 Å². The van der Waals surface area contributed by atoms with Gasteiger partial charge in [0.1, 0.15) is 12.4 Å². The molecule has 3 aliphatic rings. The molecule has 0 spiro atoms. The summed E-state index contributed by atoms with van der Waals surface area (Å²) in [4.78, 5) is 7.10. The second-order valence-corrected chi connectivity index (χ2v) is 9.00. The van der Waals surface area contributed by atoms with Gasteiger partial charge in [-0.05, 0) is 61.2 Å². The molecule has 0 radical (unpaired) electrons. The summed E-state index contributed by atoms with van der Waals surface area (Å²) in [7, 11) is 1.89. The monoisotopic (exact) mass is 434 g/mol. The van der Waals surface area contributed by atoms with E-state index < -0.39 is 0 Å². The summed E-state index contributed by atoms with van der Waals surface area (Å²) in [6.45, 7) is 4.56. The van der Waals surface area contributed by atoms with Gasteiger partial charge >= 0.3 is 0 Å². The lowest BCUT2D eigenvalue weighted by Crippen LogP contribution is -2.58. The minimum Gasteiger partial charge on any atom is -0.483 e. The minimum absolute atomic E-state index is 0.248. The molecular formula is C24H27FN6O. The van der Waals surface area contributed by atoms with Crippen molar-refractivity contribution in [2.24, 2.45) is 7.05 Å². The van der Waals surface area contributed by atoms with Crippen molar-refractivity contribution in [3.63, 3.8) is 0 Å². The molecule has 6 rings (SSSR count). The van der Waals surface area contributed by atoms with Crippen LogP contribution in [0.3, 0.4) is 0 Å². The zero-order chi connectivity index (χ0) is 21.7. The molecule has 3 aromatic rings. The third-order valence-electron chi connectivity index (χ3n) is 7.03. The van der Waals surface area contributed by atoms with Gasteiger partial charge in [0.25, 0.3) is 0 Å². The lowest BCUT2D eigenvalue weighted by Gasteiger charge is -2.42. The van der Waals surface area contributed by atoms with E-state index in [0.29, 0.717) is 23.5 Å². The molecule has 0 bridgehead atoms. The van der Waals surface area contributed by atoms with Crippen LogP contribution in [0.15, 0.2) is 36.8 Å². The number of pyridine rings is 1. The Kier molecular flexibility index (Phi) is 4.84. The second-order valence-electron chi connectivity index (χ2n) is 9.00. The van der Waals surface area contributed by atoms with Crippen molar-refractivity contribution in [2.75, 3.05) is 31.5 Å². The van der Waals surface area contributed by atoms with Gasteiger partial charge in [-0.1, -0.05) is 0 Å². The Bertz CT molecular complexity index is 1150. The first-order valence-corrected chi connectivity index (χ1v) is 11.3. The number of benzene rings is 1. The third kappa shape index (κ3) is 3.43. The number of anilines is 2. The van der Waals surface area contributed by atoms with Crippen LogP contribution in [-0.4, -0.2) is 51.9 Å². The average molecular weight is 435 g/mol. The van der Waals surface area contributed by atoms with Crippen LogP contribution >= 0.6 is 0 Å². The standard InChI is InChI=1S/C24H27FN6O/c1-30-13-17(10-28-30)19-2-5-27-24-20(19)14-32-23-21(25)8-16(9-22(23)29-24)15-3-6-31(7-4-15)18-11-26-12-18/h2,5,8-10,13,15,18,26H,3-4,6-7,11-12,14H2,1H3,(H,27,29). The van der Waals surface area contributed by atoms with Crippen molar-refractivity contribution < 1.29 is 9.13 Å². The number of piperidine rings is 1. The number of aromatic nitrogens is 3. The van der Waals surface area contributed by atoms with E-state index in [9.17, 15) is 0 Å². The number of nitrogens with zero attached hydrogens (tertiary/aromatic N) is 4. The van der Waals surface area contributed by atoms with Crippen LogP contribution in [0.1, 0.15) is 29.9 Å². The van der Waals surface area contributed by atoms with Crippen LogP contribution in [0.2, 0.25) is 0 Å². The number of rotatable bonds is 3. The van der Waals surface area contributed by atoms with Crippen LogP contribution in [0.5, 0.6) is 5.75 Å². The highest BCUT2D eigenvalue weighted by Gasteiger charge is 2.30. The van der Waals surface area contributed by atoms with Gasteiger partial charge in [-0.25, -0.2) is 9.37 Å². The molecule has 2 fully saturated rings. The molecule has 5 heterocycles. The fraction of sp³-hybridized carbons (Fsp3) is 0.417. The maximum absolute atomic E-state index is 15.2. The SMILES string of the molecule is Cn1cc(-c2ccnc3c2COc2c(F)cc(C4CCN(C5CNC5)CC4)cc2N3)cn1. The first kappa shape index (κ1) is 19.7. The van der Waals surface area contributed by atoms with Crippen molar-refractivity contribution in [1.29, 1.82) is 0 Å². The highest BCUT2D eigenvalue weighted by Crippen LogP contribution is 2.41. The number of ether oxygens (including phenoxy) is 1. The largest absolute Gasteiger partial charge is 0.483 e. The quantitative estimate of drug-likeness (QED) is 0.659. The summed E-state index contributed by atoms with van der Waals surface area (Å²) in [5, 5.41) is 11.0. The van der Waals surface area contributed by atoms with Crippen LogP contribution in [0.4, 0.5) is 15.9 Å². The smallest absolute Gasteiger partial charge is 0.178 e. The molecule has 3 aliphatic heterocycles. The van der Waals surface area contributed by atoms with E-state index in [0.717, 1.165) is 61.3 Å². The van der Waals surface area contributed by atoms with Crippen LogP contribution in [0.25, 0.3) is 11.1 Å². The molecule has 8 heteroatoms. The van der Waals surface area contributed by atoms with E-state index in [1.54, 1.807) is 16.9 Å². The van der Waals surface area contributed by atoms with E-state index in [-0.39, 0.29) is 18.2 Å². The van der Waals surface area contributed by atoms with Crippen molar-refractivity contribution in [1.82, 2.24) is 25.0 Å². The Morgan fingerprint density at radius 3 is 2.75 bits per heavy atom. The van der Waals surface area contributed by atoms with Crippen molar-refractivity contribution in [2.45, 2.75) is 31.4 Å². The van der Waals surface area contributed by atoms with Gasteiger partial charge in [-0.2, -0.15) is 5.10 Å². The maximum atomic E-state index is 15.2. The predicted molar refractivity (Wildman–Crippen MR) is 121 cm³/mol. The molecule has 2 N–H and O–H groups in total. The zero-order valence-corrected chi connectivity index (χ0v) is 18.1. The summed E-state index contributed by atoms with van der Waals surface area (Å²) in [5.74, 6) is 1.01. The number of halogens is 1. The van der Waals surface area contributed by atoms with Gasteiger partial charge in [0.05, 0.1) is 11.9 Å². The Balaban J connectivity index is 1.28. The summed E-state index contributed by atoms with van der Waals surface area (Å²) in [5.41, 5.74) is 4.56. The molecule has 0 atom stereocenters. The molecule has 0 aliphatic carbocycles. The van der Waals surface area contributed by atoms with E-state index in [2.05, 4.69) is 31.7 Å². The molecule has 2 saturated heterocycles. The summed E-state index contributed by atoms with van der Waals surface area (Å²) < 4.78 is 22.9. The Morgan fingerprint density at radius 1 is 1.19 bits per heavy atom. The predicted octanol–water partition coefficient (Wildman–Crippen LogP) is 3.41. The lowest BCUT2D eigenvalue weighted by atomic mass is 9.88. The zero-order valence-electron chi connectivity index (χ0n) is 18.1. The number of nitrogens with one attached hydrogen (secondary N) is 2. The molecule has 0 amide bonds. The highest BCUT2D eigenvalue weighted by atomic mass is 19.1. The van der Waals surface area contributed by atoms with E-state index in [1.807, 2.05) is 25.5 Å². The van der Waals surface area contributed by atoms with Gasteiger partial charge in [0, 0.05) is 49.7 Å². The Labute approximate surface area is 186 Å². The number of hydrogen-bond donors (Lipinski definition) is 2. The minimum atomic E-state index is -0.314. The molecule has 1 aromatic carbocycles. The summed E-state index contributed by atoms with van der Waals surface area (Å²) >= 11 is 0. The number of likely N-dealkylation sites (tertiary alicyclic amines) is 1. The lowest BCUT2D eigenvalue weighted by molar-refractivity contribution is 0.113. The normalized spacial score (nSPS) is 19.3. The molecule has 0 saturated carbocycles. The van der Waals surface area contributed by atoms with Crippen molar-refractivity contribution in [3.05, 3.63) is 53.7 Å². The third-order valence-corrected chi connectivity index (χ3v) is 7.03. The van der Waals surface area contributed by atoms with Crippen LogP contribution in [0, 0.1) is 5.82 Å². The second kappa shape index (κ2) is 7.86. The average Bonchev–Trinajstić information content (AvgIpc) is 3.09. The Hall–Kier alpha value is -2.97. The first-order valence-electron chi connectivity index (χ1n) is 11.3. The van der Waals surface area contributed by atoms with Gasteiger partial charge in [0.15, 0.2) is 11.6 Å². The molecule has 2 aromatic heterocycles. The summed E-state index contributed by atoms with van der Waals surface area (Å²) in [6.07, 6.45) is 7.65. The van der Waals surface area contributed by atoms with E-state index >= 15 is 4.39 Å². The molecule has 166 valence electrons. The topological polar surface area (TPSA) is 67.2 Å². The first-order chi connectivity index (χ1) is 15.7. The van der Waals surface area contributed by atoms with Gasteiger partial charge < -0.3 is 15.4 Å². The van der Waals surface area contributed by atoms with Crippen LogP contribution in [-0.2, 0) is 13.7 Å². The van der Waals surface area contributed by atoms with E-state index in [4.69, 9.17) is 4.74 Å². The molecular weight excluding hydrogens is 407 g/mol. The number of aryl methyl sites for hydroxylation is 1. The molecule has 7 nitrogen and oxygen atoms in total.